The molecule has 5 rings (SSSR count). The summed E-state index contributed by atoms with van der Waals surface area (Å²) in [5.74, 6) is 0.435. The highest BCUT2D eigenvalue weighted by Crippen LogP contribution is 2.72. The summed E-state index contributed by atoms with van der Waals surface area (Å²) in [6, 6.07) is 0. The van der Waals surface area contributed by atoms with Crippen LogP contribution in [0.1, 0.15) is 65.2 Å². The van der Waals surface area contributed by atoms with Gasteiger partial charge in [0.1, 0.15) is 0 Å². The lowest BCUT2D eigenvalue weighted by Gasteiger charge is -2.69. The molecule has 24 heavy (non-hydrogen) atoms. The summed E-state index contributed by atoms with van der Waals surface area (Å²) in [6.07, 6.45) is 7.56. The zero-order chi connectivity index (χ0) is 17.3. The van der Waals surface area contributed by atoms with Gasteiger partial charge in [-0.1, -0.05) is 13.3 Å². The molecule has 1 spiro atoms. The van der Waals surface area contributed by atoms with Crippen LogP contribution < -0.4 is 0 Å². The number of hydrogen-bond acceptors (Lipinski definition) is 3. The van der Waals surface area contributed by atoms with Crippen LogP contribution in [-0.4, -0.2) is 34.0 Å². The van der Waals surface area contributed by atoms with E-state index in [0.717, 1.165) is 51.4 Å². The molecule has 136 valence electrons. The Morgan fingerprint density at radius 2 is 1.79 bits per heavy atom. The Morgan fingerprint density at radius 1 is 1.08 bits per heavy atom. The molecule has 8 atom stereocenters. The number of aliphatic hydroxyl groups is 2. The predicted octanol–water partition coefficient (Wildman–Crippen LogP) is 3.06. The molecule has 5 aliphatic rings. The predicted molar refractivity (Wildman–Crippen MR) is 90.3 cm³/mol. The Morgan fingerprint density at radius 3 is 2.46 bits per heavy atom. The highest BCUT2D eigenvalue weighted by Gasteiger charge is 2.68. The number of carbonyl (C=O) groups is 1. The molecule has 4 heteroatoms. The second-order valence-electron chi connectivity index (χ2n) is 9.78. The minimum Gasteiger partial charge on any atom is -0.481 e. The maximum atomic E-state index is 12.1. The van der Waals surface area contributed by atoms with Crippen molar-refractivity contribution in [3.8, 4) is 0 Å². The maximum Gasteiger partial charge on any atom is 0.309 e. The number of hydrogen-bond donors (Lipinski definition) is 3. The van der Waals surface area contributed by atoms with Gasteiger partial charge < -0.3 is 15.3 Å². The van der Waals surface area contributed by atoms with Gasteiger partial charge in [-0.3, -0.25) is 4.79 Å². The Bertz CT molecular complexity index is 548. The Labute approximate surface area is 144 Å². The van der Waals surface area contributed by atoms with Crippen molar-refractivity contribution in [2.24, 2.45) is 39.9 Å². The van der Waals surface area contributed by atoms with Gasteiger partial charge in [-0.25, -0.2) is 0 Å². The molecule has 4 nitrogen and oxygen atoms in total. The highest BCUT2D eigenvalue weighted by molar-refractivity contribution is 5.75. The third kappa shape index (κ3) is 1.85. The van der Waals surface area contributed by atoms with Crippen LogP contribution in [0.4, 0.5) is 0 Å². The number of carboxylic acid groups (broad SMARTS) is 1. The lowest BCUT2D eigenvalue weighted by atomic mass is 9.35. The summed E-state index contributed by atoms with van der Waals surface area (Å²) >= 11 is 0. The van der Waals surface area contributed by atoms with Gasteiger partial charge in [-0.15, -0.1) is 0 Å². The van der Waals surface area contributed by atoms with Gasteiger partial charge in [0.15, 0.2) is 0 Å². The Balaban J connectivity index is 1.75. The van der Waals surface area contributed by atoms with Crippen LogP contribution in [-0.2, 0) is 4.79 Å². The highest BCUT2D eigenvalue weighted by atomic mass is 16.4. The van der Waals surface area contributed by atoms with Gasteiger partial charge in [0.2, 0.25) is 0 Å². The van der Waals surface area contributed by atoms with Gasteiger partial charge in [0, 0.05) is 17.9 Å². The van der Waals surface area contributed by atoms with Crippen molar-refractivity contribution in [1.29, 1.82) is 0 Å². The van der Waals surface area contributed by atoms with E-state index >= 15 is 0 Å². The smallest absolute Gasteiger partial charge is 0.309 e. The molecule has 0 saturated heterocycles. The second kappa shape index (κ2) is 5.20. The molecule has 0 radical (unpaired) electrons. The van der Waals surface area contributed by atoms with Crippen molar-refractivity contribution in [1.82, 2.24) is 0 Å². The second-order valence-corrected chi connectivity index (χ2v) is 9.78. The molecule has 5 fully saturated rings. The van der Waals surface area contributed by atoms with E-state index in [1.165, 1.54) is 0 Å². The first-order chi connectivity index (χ1) is 11.3. The SMILES string of the molecule is C[C@@]12CCC[C@@](C)(C(=O)O)[C@H]1CC[C@@]13CC[C@@H](C[C@@H]21)[C@H](CO)[C@H]3O. The number of aliphatic hydroxyl groups excluding tert-OH is 2. The van der Waals surface area contributed by atoms with Crippen molar-refractivity contribution < 1.29 is 20.1 Å². The quantitative estimate of drug-likeness (QED) is 0.724. The molecule has 0 aromatic rings. The average molecular weight is 336 g/mol. The standard InChI is InChI=1S/C20H32O4/c1-18-6-3-7-19(2,17(23)24)14(18)5-9-20-8-4-12(10-15(18)20)13(11-21)16(20)22/h12-16,21-22H,3-11H2,1-2H3,(H,23,24)/t12-,13-,14-,15-,16+,18+,19+,20-/m0/s1. The number of fused-ring (bicyclic) bond motifs is 3. The molecular formula is C20H32O4. The zero-order valence-corrected chi connectivity index (χ0v) is 15.0. The molecule has 0 unspecified atom stereocenters. The minimum atomic E-state index is -0.635. The van der Waals surface area contributed by atoms with Gasteiger partial charge in [0.05, 0.1) is 11.5 Å². The molecule has 5 aliphatic carbocycles. The first-order valence-corrected chi connectivity index (χ1v) is 9.82. The van der Waals surface area contributed by atoms with E-state index in [0.29, 0.717) is 11.8 Å². The Kier molecular flexibility index (Phi) is 3.65. The molecular weight excluding hydrogens is 304 g/mol. The summed E-state index contributed by atoms with van der Waals surface area (Å²) < 4.78 is 0. The van der Waals surface area contributed by atoms with Crippen LogP contribution in [0.15, 0.2) is 0 Å². The van der Waals surface area contributed by atoms with Crippen LogP contribution in [0.5, 0.6) is 0 Å². The molecule has 0 aliphatic heterocycles. The fraction of sp³-hybridized carbons (Fsp3) is 0.950. The first kappa shape index (κ1) is 16.8. The molecule has 0 aromatic heterocycles. The number of aliphatic carboxylic acids is 1. The third-order valence-corrected chi connectivity index (χ3v) is 9.18. The van der Waals surface area contributed by atoms with Crippen LogP contribution in [0.3, 0.4) is 0 Å². The van der Waals surface area contributed by atoms with Crippen LogP contribution >= 0.6 is 0 Å². The summed E-state index contributed by atoms with van der Waals surface area (Å²) in [5, 5.41) is 30.8. The first-order valence-electron chi connectivity index (χ1n) is 9.82. The monoisotopic (exact) mass is 336 g/mol. The molecule has 3 N–H and O–H groups in total. The van der Waals surface area contributed by atoms with Crippen molar-refractivity contribution in [3.63, 3.8) is 0 Å². The van der Waals surface area contributed by atoms with Crippen molar-refractivity contribution in [3.05, 3.63) is 0 Å². The molecule has 2 bridgehead atoms. The summed E-state index contributed by atoms with van der Waals surface area (Å²) in [6.45, 7) is 4.38. The number of rotatable bonds is 2. The van der Waals surface area contributed by atoms with E-state index in [1.54, 1.807) is 0 Å². The van der Waals surface area contributed by atoms with Crippen molar-refractivity contribution >= 4 is 5.97 Å². The molecule has 0 aromatic carbocycles. The largest absolute Gasteiger partial charge is 0.481 e. The number of carboxylic acids is 1. The van der Waals surface area contributed by atoms with Gasteiger partial charge in [-0.05, 0) is 75.0 Å². The van der Waals surface area contributed by atoms with Gasteiger partial charge in [0.25, 0.3) is 0 Å². The lowest BCUT2D eigenvalue weighted by Crippen LogP contribution is -2.67. The Hall–Kier alpha value is -0.610. The van der Waals surface area contributed by atoms with E-state index in [1.807, 2.05) is 6.92 Å². The third-order valence-electron chi connectivity index (χ3n) is 9.18. The fourth-order valence-corrected chi connectivity index (χ4v) is 7.98. The topological polar surface area (TPSA) is 77.8 Å². The molecule has 0 amide bonds. The lowest BCUT2D eigenvalue weighted by molar-refractivity contribution is -0.248. The van der Waals surface area contributed by atoms with Crippen LogP contribution in [0.2, 0.25) is 0 Å². The van der Waals surface area contributed by atoms with E-state index in [2.05, 4.69) is 6.92 Å². The summed E-state index contributed by atoms with van der Waals surface area (Å²) in [7, 11) is 0. The van der Waals surface area contributed by atoms with Crippen LogP contribution in [0, 0.1) is 39.9 Å². The van der Waals surface area contributed by atoms with E-state index < -0.39 is 17.5 Å². The van der Waals surface area contributed by atoms with Crippen molar-refractivity contribution in [2.75, 3.05) is 6.61 Å². The van der Waals surface area contributed by atoms with Gasteiger partial charge in [-0.2, -0.15) is 0 Å². The summed E-state index contributed by atoms with van der Waals surface area (Å²) in [4.78, 5) is 12.1. The van der Waals surface area contributed by atoms with Crippen LogP contribution in [0.25, 0.3) is 0 Å². The average Bonchev–Trinajstić information content (AvgIpc) is 2.55. The zero-order valence-electron chi connectivity index (χ0n) is 15.0. The normalized spacial score (nSPS) is 56.4. The van der Waals surface area contributed by atoms with E-state index in [-0.39, 0.29) is 29.3 Å². The fourth-order valence-electron chi connectivity index (χ4n) is 7.98. The minimum absolute atomic E-state index is 0.0176. The van der Waals surface area contributed by atoms with E-state index in [4.69, 9.17) is 0 Å². The summed E-state index contributed by atoms with van der Waals surface area (Å²) in [5.41, 5.74) is -0.680. The molecule has 5 saturated carbocycles. The molecule has 0 heterocycles. The van der Waals surface area contributed by atoms with Crippen molar-refractivity contribution in [2.45, 2.75) is 71.3 Å². The van der Waals surface area contributed by atoms with Gasteiger partial charge >= 0.3 is 5.97 Å². The van der Waals surface area contributed by atoms with E-state index in [9.17, 15) is 20.1 Å². The maximum absolute atomic E-state index is 12.1.